The third-order valence-electron chi connectivity index (χ3n) is 4.72. The lowest BCUT2D eigenvalue weighted by Gasteiger charge is -2.16. The molecule has 1 heterocycles. The number of nitrogens with zero attached hydrogens (tertiary/aromatic N) is 2. The largest absolute Gasteiger partial charge is 0.457 e. The summed E-state index contributed by atoms with van der Waals surface area (Å²) in [6.07, 6.45) is 0. The number of hydrogen-bond donors (Lipinski definition) is 2. The van der Waals surface area contributed by atoms with Gasteiger partial charge in [-0.2, -0.15) is 0 Å². The third kappa shape index (κ3) is 5.04. The van der Waals surface area contributed by atoms with E-state index in [1.165, 1.54) is 4.57 Å². The van der Waals surface area contributed by atoms with Gasteiger partial charge in [0.1, 0.15) is 11.5 Å². The zero-order chi connectivity index (χ0) is 23.4. The normalized spacial score (nSPS) is 11.7. The molecule has 0 saturated carbocycles. The number of imide groups is 1. The number of nitrogens with one attached hydrogen (secondary N) is 1. The molecule has 8 nitrogen and oxygen atoms in total. The predicted octanol–water partition coefficient (Wildman–Crippen LogP) is 3.85. The Morgan fingerprint density at radius 2 is 1.61 bits per heavy atom. The number of nitrogens with two attached hydrogens (primary N) is 1. The van der Waals surface area contributed by atoms with Crippen LogP contribution in [0.5, 0.6) is 11.5 Å². The predicted molar refractivity (Wildman–Crippen MR) is 127 cm³/mol. The molecular weight excluding hydrogens is 440 g/mol. The number of primary amides is 1. The highest BCUT2D eigenvalue weighted by Gasteiger charge is 2.21. The maximum atomic E-state index is 13.4. The Morgan fingerprint density at radius 1 is 0.970 bits per heavy atom. The van der Waals surface area contributed by atoms with E-state index in [0.29, 0.717) is 33.2 Å². The second-order valence-electron chi connectivity index (χ2n) is 7.07. The van der Waals surface area contributed by atoms with Gasteiger partial charge in [-0.1, -0.05) is 42.1 Å². The van der Waals surface area contributed by atoms with E-state index < -0.39 is 17.2 Å². The van der Waals surface area contributed by atoms with E-state index in [2.05, 4.69) is 10.3 Å². The van der Waals surface area contributed by atoms with Crippen LogP contribution in [0.3, 0.4) is 0 Å². The van der Waals surface area contributed by atoms with Crippen LogP contribution in [-0.4, -0.2) is 26.7 Å². The molecule has 0 radical (unpaired) electrons. The van der Waals surface area contributed by atoms with Gasteiger partial charge in [0.2, 0.25) is 5.91 Å². The first kappa shape index (κ1) is 22.1. The molecule has 166 valence electrons. The Hall–Kier alpha value is -4.11. The maximum absolute atomic E-state index is 13.4. The number of rotatable bonds is 6. The summed E-state index contributed by atoms with van der Waals surface area (Å²) >= 11 is 1.05. The van der Waals surface area contributed by atoms with Crippen LogP contribution in [0.1, 0.15) is 6.92 Å². The first-order chi connectivity index (χ1) is 15.9. The van der Waals surface area contributed by atoms with Gasteiger partial charge in [0.05, 0.1) is 21.8 Å². The summed E-state index contributed by atoms with van der Waals surface area (Å²) in [5.41, 5.74) is 5.84. The molecule has 0 saturated heterocycles. The lowest BCUT2D eigenvalue weighted by atomic mass is 10.2. The van der Waals surface area contributed by atoms with E-state index in [1.807, 2.05) is 30.3 Å². The molecule has 0 aliphatic heterocycles. The van der Waals surface area contributed by atoms with Gasteiger partial charge < -0.3 is 10.5 Å². The lowest BCUT2D eigenvalue weighted by Crippen LogP contribution is -2.39. The number of carbonyl (C=O) groups is 2. The Balaban J connectivity index is 1.73. The summed E-state index contributed by atoms with van der Waals surface area (Å²) in [4.78, 5) is 41.2. The monoisotopic (exact) mass is 460 g/mol. The molecule has 1 aromatic heterocycles. The van der Waals surface area contributed by atoms with Crippen molar-refractivity contribution in [3.63, 3.8) is 0 Å². The van der Waals surface area contributed by atoms with Gasteiger partial charge in [0.25, 0.3) is 5.56 Å². The fourth-order valence-electron chi connectivity index (χ4n) is 3.14. The molecule has 4 aromatic rings. The number of fused-ring (bicyclic) bond motifs is 1. The number of carbonyl (C=O) groups excluding carboxylic acids is 2. The highest BCUT2D eigenvalue weighted by Crippen LogP contribution is 2.27. The van der Waals surface area contributed by atoms with E-state index in [0.717, 1.165) is 11.8 Å². The standard InChI is InChI=1S/C24H20N4O4S/c1-15(21(29)27-23(25)31)33-24-26-20-10-6-5-9-19(20)22(30)28(24)16-11-13-18(14-12-16)32-17-7-3-2-4-8-17/h2-15H,1H3,(H3,25,27,29,31). The molecule has 1 unspecified atom stereocenters. The van der Waals surface area contributed by atoms with Crippen molar-refractivity contribution in [1.29, 1.82) is 0 Å². The average Bonchev–Trinajstić information content (AvgIpc) is 2.80. The van der Waals surface area contributed by atoms with Crippen LogP contribution in [0, 0.1) is 0 Å². The van der Waals surface area contributed by atoms with Crippen molar-refractivity contribution in [2.75, 3.05) is 0 Å². The number of hydrogen-bond acceptors (Lipinski definition) is 6. The molecule has 0 aliphatic rings. The summed E-state index contributed by atoms with van der Waals surface area (Å²) < 4.78 is 7.27. The average molecular weight is 461 g/mol. The minimum atomic E-state index is -0.940. The Bertz CT molecular complexity index is 1370. The van der Waals surface area contributed by atoms with E-state index in [4.69, 9.17) is 10.5 Å². The molecule has 3 N–H and O–H groups in total. The number of thioether (sulfide) groups is 1. The van der Waals surface area contributed by atoms with Crippen LogP contribution in [0.15, 0.2) is 88.8 Å². The number of para-hydroxylation sites is 2. The third-order valence-corrected chi connectivity index (χ3v) is 5.77. The van der Waals surface area contributed by atoms with Crippen molar-refractivity contribution < 1.29 is 14.3 Å². The van der Waals surface area contributed by atoms with Crippen LogP contribution < -0.4 is 21.3 Å². The number of urea groups is 1. The summed E-state index contributed by atoms with van der Waals surface area (Å²) in [7, 11) is 0. The van der Waals surface area contributed by atoms with Crippen LogP contribution in [-0.2, 0) is 4.79 Å². The van der Waals surface area contributed by atoms with Crippen molar-refractivity contribution in [3.8, 4) is 17.2 Å². The van der Waals surface area contributed by atoms with Gasteiger partial charge in [0.15, 0.2) is 5.16 Å². The van der Waals surface area contributed by atoms with Gasteiger partial charge in [-0.05, 0) is 55.5 Å². The molecule has 3 aromatic carbocycles. The molecule has 3 amide bonds. The molecular formula is C24H20N4O4S. The maximum Gasteiger partial charge on any atom is 0.318 e. The summed E-state index contributed by atoms with van der Waals surface area (Å²) in [5, 5.41) is 2.08. The minimum absolute atomic E-state index is 0.276. The van der Waals surface area contributed by atoms with Crippen molar-refractivity contribution >= 4 is 34.6 Å². The van der Waals surface area contributed by atoms with Crippen LogP contribution in [0.25, 0.3) is 16.6 Å². The van der Waals surface area contributed by atoms with E-state index >= 15 is 0 Å². The molecule has 0 fully saturated rings. The van der Waals surface area contributed by atoms with Crippen LogP contribution in [0.2, 0.25) is 0 Å². The first-order valence-electron chi connectivity index (χ1n) is 10.0. The molecule has 33 heavy (non-hydrogen) atoms. The van der Waals surface area contributed by atoms with Crippen LogP contribution in [0.4, 0.5) is 4.79 Å². The molecule has 1 atom stereocenters. The van der Waals surface area contributed by atoms with Gasteiger partial charge in [-0.25, -0.2) is 9.78 Å². The van der Waals surface area contributed by atoms with Crippen LogP contribution >= 0.6 is 11.8 Å². The van der Waals surface area contributed by atoms with Gasteiger partial charge in [0, 0.05) is 0 Å². The zero-order valence-corrected chi connectivity index (χ0v) is 18.4. The SMILES string of the molecule is CC(Sc1nc2ccccc2c(=O)n1-c1ccc(Oc2ccccc2)cc1)C(=O)NC(N)=O. The van der Waals surface area contributed by atoms with Gasteiger partial charge in [-0.3, -0.25) is 19.5 Å². The second kappa shape index (κ2) is 9.58. The summed E-state index contributed by atoms with van der Waals surface area (Å²) in [6, 6.07) is 22.4. The molecule has 0 aliphatic carbocycles. The topological polar surface area (TPSA) is 116 Å². The van der Waals surface area contributed by atoms with E-state index in [9.17, 15) is 14.4 Å². The molecule has 0 spiro atoms. The highest BCUT2D eigenvalue weighted by atomic mass is 32.2. The quantitative estimate of drug-likeness (QED) is 0.333. The fourth-order valence-corrected chi connectivity index (χ4v) is 4.07. The first-order valence-corrected chi connectivity index (χ1v) is 10.9. The van der Waals surface area contributed by atoms with Gasteiger partial charge >= 0.3 is 6.03 Å². The Labute approximate surface area is 193 Å². The summed E-state index contributed by atoms with van der Waals surface area (Å²) in [5.74, 6) is 0.726. The fraction of sp³-hybridized carbons (Fsp3) is 0.0833. The van der Waals surface area contributed by atoms with Crippen molar-refractivity contribution in [1.82, 2.24) is 14.9 Å². The molecule has 4 rings (SSSR count). The number of benzene rings is 3. The minimum Gasteiger partial charge on any atom is -0.457 e. The number of aromatic nitrogens is 2. The zero-order valence-electron chi connectivity index (χ0n) is 17.6. The summed E-state index contributed by atoms with van der Waals surface area (Å²) in [6.45, 7) is 1.60. The van der Waals surface area contributed by atoms with E-state index in [1.54, 1.807) is 55.5 Å². The molecule has 9 heteroatoms. The molecule has 0 bridgehead atoms. The second-order valence-corrected chi connectivity index (χ2v) is 8.38. The van der Waals surface area contributed by atoms with Crippen molar-refractivity contribution in [2.24, 2.45) is 5.73 Å². The smallest absolute Gasteiger partial charge is 0.318 e. The Morgan fingerprint density at radius 3 is 2.30 bits per heavy atom. The van der Waals surface area contributed by atoms with Gasteiger partial charge in [-0.15, -0.1) is 0 Å². The number of ether oxygens (including phenoxy) is 1. The Kier molecular flexibility index (Phi) is 6.41. The van der Waals surface area contributed by atoms with Crippen molar-refractivity contribution in [2.45, 2.75) is 17.3 Å². The van der Waals surface area contributed by atoms with E-state index in [-0.39, 0.29) is 5.56 Å². The van der Waals surface area contributed by atoms with Crippen molar-refractivity contribution in [3.05, 3.63) is 89.2 Å². The number of amides is 3. The highest BCUT2D eigenvalue weighted by molar-refractivity contribution is 8.00. The lowest BCUT2D eigenvalue weighted by molar-refractivity contribution is -0.119.